The lowest BCUT2D eigenvalue weighted by Gasteiger charge is -2.31. The van der Waals surface area contributed by atoms with Crippen molar-refractivity contribution in [3.63, 3.8) is 0 Å². The molecule has 2 aliphatic rings. The minimum absolute atomic E-state index is 0.146. The number of piperidine rings is 1. The molecule has 1 N–H and O–H groups in total. The highest BCUT2D eigenvalue weighted by atomic mass is 19.4. The van der Waals surface area contributed by atoms with E-state index in [2.05, 4.69) is 20.3 Å². The van der Waals surface area contributed by atoms with Crippen LogP contribution in [0.2, 0.25) is 0 Å². The molecule has 1 saturated carbocycles. The number of rotatable bonds is 4. The van der Waals surface area contributed by atoms with Gasteiger partial charge in [0, 0.05) is 42.4 Å². The van der Waals surface area contributed by atoms with Gasteiger partial charge < -0.3 is 4.90 Å². The highest BCUT2D eigenvalue weighted by Gasteiger charge is 2.36. The van der Waals surface area contributed by atoms with E-state index in [4.69, 9.17) is 0 Å². The highest BCUT2D eigenvalue weighted by Crippen LogP contribution is 2.39. The Morgan fingerprint density at radius 3 is 2.71 bits per heavy atom. The number of carbonyl (C=O) groups is 1. The number of aromatic amines is 1. The smallest absolute Gasteiger partial charge is 0.337 e. The predicted octanol–water partition coefficient (Wildman–Crippen LogP) is 3.93. The van der Waals surface area contributed by atoms with Crippen LogP contribution in [0.4, 0.5) is 13.2 Å². The largest absolute Gasteiger partial charge is 0.433 e. The summed E-state index contributed by atoms with van der Waals surface area (Å²) >= 11 is 0. The van der Waals surface area contributed by atoms with E-state index in [0.29, 0.717) is 42.5 Å². The van der Waals surface area contributed by atoms with Crippen LogP contribution in [0.3, 0.4) is 0 Å². The third-order valence-electron chi connectivity index (χ3n) is 6.11. The summed E-state index contributed by atoms with van der Waals surface area (Å²) in [6.07, 6.45) is -0.389. The zero-order chi connectivity index (χ0) is 21.8. The highest BCUT2D eigenvalue weighted by molar-refractivity contribution is 5.92. The Morgan fingerprint density at radius 1 is 1.19 bits per heavy atom. The summed E-state index contributed by atoms with van der Waals surface area (Å²) in [5.74, 6) is 0.177. The second kappa shape index (κ2) is 7.35. The van der Waals surface area contributed by atoms with Crippen molar-refractivity contribution in [2.45, 2.75) is 57.0 Å². The molecule has 0 aromatic carbocycles. The maximum atomic E-state index is 13.6. The van der Waals surface area contributed by atoms with Crippen LogP contribution in [0.5, 0.6) is 0 Å². The van der Waals surface area contributed by atoms with Gasteiger partial charge in [-0.3, -0.25) is 9.89 Å². The lowest BCUT2D eigenvalue weighted by molar-refractivity contribution is -0.142. The summed E-state index contributed by atoms with van der Waals surface area (Å²) in [5.41, 5.74) is 1.65. The van der Waals surface area contributed by atoms with E-state index in [0.717, 1.165) is 42.0 Å². The van der Waals surface area contributed by atoms with Gasteiger partial charge in [0.05, 0.1) is 5.69 Å². The Balaban J connectivity index is 1.41. The Bertz CT molecular complexity index is 1130. The van der Waals surface area contributed by atoms with Crippen LogP contribution in [0.15, 0.2) is 18.2 Å². The first kappa shape index (κ1) is 20.0. The molecule has 5 rings (SSSR count). The molecule has 0 spiro atoms. The van der Waals surface area contributed by atoms with Crippen LogP contribution in [0.25, 0.3) is 5.65 Å². The molecule has 1 aliphatic carbocycles. The van der Waals surface area contributed by atoms with Gasteiger partial charge in [0.2, 0.25) is 0 Å². The van der Waals surface area contributed by atoms with Gasteiger partial charge in [-0.25, -0.2) is 9.50 Å². The van der Waals surface area contributed by atoms with E-state index < -0.39 is 11.9 Å². The fourth-order valence-corrected chi connectivity index (χ4v) is 4.24. The number of carbonyl (C=O) groups excluding carboxylic acids is 1. The number of halogens is 3. The second-order valence-electron chi connectivity index (χ2n) is 8.40. The molecule has 1 saturated heterocycles. The van der Waals surface area contributed by atoms with E-state index in [1.54, 1.807) is 17.9 Å². The first-order chi connectivity index (χ1) is 14.8. The van der Waals surface area contributed by atoms with Crippen molar-refractivity contribution in [2.75, 3.05) is 13.1 Å². The molecule has 1 amide bonds. The number of nitrogens with one attached hydrogen (secondary N) is 1. The average molecular weight is 432 g/mol. The molecule has 164 valence electrons. The monoisotopic (exact) mass is 432 g/mol. The molecular formula is C21H23F3N6O. The van der Waals surface area contributed by atoms with Crippen LogP contribution in [-0.2, 0) is 12.6 Å². The number of fused-ring (bicyclic) bond motifs is 1. The molecule has 1 unspecified atom stereocenters. The minimum Gasteiger partial charge on any atom is -0.337 e. The number of aromatic nitrogens is 5. The first-order valence-electron chi connectivity index (χ1n) is 10.6. The molecule has 31 heavy (non-hydrogen) atoms. The Kier molecular flexibility index (Phi) is 4.75. The van der Waals surface area contributed by atoms with E-state index in [-0.39, 0.29) is 17.5 Å². The predicted molar refractivity (Wildman–Crippen MR) is 106 cm³/mol. The van der Waals surface area contributed by atoms with E-state index in [1.807, 2.05) is 6.07 Å². The number of H-pyrrole nitrogens is 1. The van der Waals surface area contributed by atoms with E-state index >= 15 is 0 Å². The van der Waals surface area contributed by atoms with Gasteiger partial charge in [-0.15, -0.1) is 0 Å². The Morgan fingerprint density at radius 2 is 2.00 bits per heavy atom. The van der Waals surface area contributed by atoms with Gasteiger partial charge in [-0.2, -0.15) is 23.4 Å². The quantitative estimate of drug-likeness (QED) is 0.678. The van der Waals surface area contributed by atoms with Crippen LogP contribution in [0, 0.1) is 0 Å². The maximum Gasteiger partial charge on any atom is 0.433 e. The maximum absolute atomic E-state index is 13.6. The number of amides is 1. The molecule has 2 fully saturated rings. The minimum atomic E-state index is -4.53. The van der Waals surface area contributed by atoms with Gasteiger partial charge >= 0.3 is 6.18 Å². The van der Waals surface area contributed by atoms with Crippen molar-refractivity contribution in [1.29, 1.82) is 0 Å². The topological polar surface area (TPSA) is 79.2 Å². The van der Waals surface area contributed by atoms with Crippen LogP contribution in [-0.4, -0.2) is 48.7 Å². The number of hydrogen-bond acceptors (Lipinski definition) is 4. The van der Waals surface area contributed by atoms with Crippen LogP contribution >= 0.6 is 0 Å². The van der Waals surface area contributed by atoms with Crippen molar-refractivity contribution in [2.24, 2.45) is 0 Å². The Hall–Kier alpha value is -2.91. The molecule has 4 heterocycles. The third kappa shape index (κ3) is 3.79. The summed E-state index contributed by atoms with van der Waals surface area (Å²) < 4.78 is 41.5. The number of hydrogen-bond donors (Lipinski definition) is 1. The Labute approximate surface area is 176 Å². The summed E-state index contributed by atoms with van der Waals surface area (Å²) in [5, 5.41) is 11.4. The van der Waals surface area contributed by atoms with Crippen molar-refractivity contribution in [3.05, 3.63) is 46.7 Å². The normalized spacial score (nSPS) is 19.9. The average Bonchev–Trinajstić information content (AvgIpc) is 3.32. The van der Waals surface area contributed by atoms with Crippen molar-refractivity contribution in [1.82, 2.24) is 29.7 Å². The van der Waals surface area contributed by atoms with Gasteiger partial charge in [-0.05, 0) is 44.2 Å². The van der Waals surface area contributed by atoms with Crippen molar-refractivity contribution < 1.29 is 18.0 Å². The second-order valence-corrected chi connectivity index (χ2v) is 8.40. The van der Waals surface area contributed by atoms with Crippen molar-refractivity contribution >= 4 is 11.6 Å². The summed E-state index contributed by atoms with van der Waals surface area (Å²) in [4.78, 5) is 19.0. The van der Waals surface area contributed by atoms with Crippen LogP contribution in [0.1, 0.15) is 77.7 Å². The lowest BCUT2D eigenvalue weighted by Crippen LogP contribution is -2.39. The van der Waals surface area contributed by atoms with E-state index in [9.17, 15) is 18.0 Å². The molecule has 10 heteroatoms. The molecule has 0 bridgehead atoms. The summed E-state index contributed by atoms with van der Waals surface area (Å²) in [6, 6.07) is 4.49. The molecule has 1 aliphatic heterocycles. The zero-order valence-corrected chi connectivity index (χ0v) is 17.1. The van der Waals surface area contributed by atoms with E-state index in [1.165, 1.54) is 0 Å². The van der Waals surface area contributed by atoms with Gasteiger partial charge in [0.1, 0.15) is 11.4 Å². The fourth-order valence-electron chi connectivity index (χ4n) is 4.24. The third-order valence-corrected chi connectivity index (χ3v) is 6.11. The summed E-state index contributed by atoms with van der Waals surface area (Å²) in [6.45, 7) is 2.77. The van der Waals surface area contributed by atoms with Gasteiger partial charge in [0.15, 0.2) is 5.65 Å². The summed E-state index contributed by atoms with van der Waals surface area (Å²) in [7, 11) is 0. The lowest BCUT2D eigenvalue weighted by atomic mass is 9.94. The standard InChI is InChI=1S/C21H23F3N6O/c1-2-14-8-18(21(22,23)24)30-19(25-14)10-16(28-30)13-4-3-7-29(11-13)20(31)17-9-15(26-27-17)12-5-6-12/h8-10,12-13H,2-7,11H2,1H3,(H,26,27). The zero-order valence-electron chi connectivity index (χ0n) is 17.1. The SMILES string of the molecule is CCc1cc(C(F)(F)F)n2nc(C3CCCN(C(=O)c4cc(C5CC5)[nH]n4)C3)cc2n1. The molecular weight excluding hydrogens is 409 g/mol. The molecule has 7 nitrogen and oxygen atoms in total. The van der Waals surface area contributed by atoms with Gasteiger partial charge in [-0.1, -0.05) is 6.92 Å². The number of nitrogens with zero attached hydrogens (tertiary/aromatic N) is 5. The first-order valence-corrected chi connectivity index (χ1v) is 10.6. The molecule has 0 radical (unpaired) electrons. The number of aryl methyl sites for hydroxylation is 1. The van der Waals surface area contributed by atoms with Crippen LogP contribution < -0.4 is 0 Å². The molecule has 3 aromatic heterocycles. The fraction of sp³-hybridized carbons (Fsp3) is 0.524. The van der Waals surface area contributed by atoms with Gasteiger partial charge in [0.25, 0.3) is 5.91 Å². The number of alkyl halides is 3. The molecule has 1 atom stereocenters. The molecule has 3 aromatic rings. The van der Waals surface area contributed by atoms with Crippen molar-refractivity contribution in [3.8, 4) is 0 Å². The number of likely N-dealkylation sites (tertiary alicyclic amines) is 1.